The van der Waals surface area contributed by atoms with E-state index >= 15 is 0 Å². The van der Waals surface area contributed by atoms with E-state index in [1.807, 2.05) is 13.8 Å². The maximum Gasteiger partial charge on any atom is 0.251 e. The van der Waals surface area contributed by atoms with Crippen molar-refractivity contribution in [2.45, 2.75) is 20.4 Å². The lowest BCUT2D eigenvalue weighted by Gasteiger charge is -2.09. The lowest BCUT2D eigenvalue weighted by molar-refractivity contribution is -0.118. The zero-order valence-electron chi connectivity index (χ0n) is 13.4. The van der Waals surface area contributed by atoms with Crippen LogP contribution in [0.25, 0.3) is 0 Å². The Bertz CT molecular complexity index is 743. The summed E-state index contributed by atoms with van der Waals surface area (Å²) in [5.74, 6) is -0.385. The van der Waals surface area contributed by atoms with Crippen molar-refractivity contribution in [2.24, 2.45) is 5.92 Å². The minimum Gasteiger partial charge on any atom is -0.348 e. The Labute approximate surface area is 151 Å². The third-order valence-electron chi connectivity index (χ3n) is 3.39. The average molecular weight is 365 g/mol. The van der Waals surface area contributed by atoms with Crippen LogP contribution in [0.2, 0.25) is 10.0 Å². The van der Waals surface area contributed by atoms with Gasteiger partial charge >= 0.3 is 0 Å². The van der Waals surface area contributed by atoms with Gasteiger partial charge in [0.25, 0.3) is 5.91 Å². The van der Waals surface area contributed by atoms with Gasteiger partial charge in [-0.05, 0) is 42.0 Å². The summed E-state index contributed by atoms with van der Waals surface area (Å²) in [5, 5.41) is 6.64. The van der Waals surface area contributed by atoms with Gasteiger partial charge in [0, 0.05) is 33.8 Å². The molecule has 126 valence electrons. The van der Waals surface area contributed by atoms with E-state index < -0.39 is 0 Å². The van der Waals surface area contributed by atoms with Gasteiger partial charge in [-0.3, -0.25) is 9.59 Å². The number of nitrogens with one attached hydrogen (secondary N) is 2. The number of rotatable bonds is 5. The Morgan fingerprint density at radius 2 is 1.71 bits per heavy atom. The van der Waals surface area contributed by atoms with Crippen LogP contribution in [0.1, 0.15) is 29.8 Å². The topological polar surface area (TPSA) is 58.2 Å². The molecule has 0 saturated heterocycles. The van der Waals surface area contributed by atoms with Crippen LogP contribution in [-0.2, 0) is 11.3 Å². The van der Waals surface area contributed by atoms with E-state index in [2.05, 4.69) is 10.6 Å². The molecule has 2 aromatic carbocycles. The first-order valence-corrected chi connectivity index (χ1v) is 8.25. The molecule has 0 heterocycles. The molecule has 2 aromatic rings. The Kier molecular flexibility index (Phi) is 6.23. The molecular formula is C18H18Cl2N2O2. The minimum absolute atomic E-state index is 0.0652. The monoisotopic (exact) mass is 364 g/mol. The fourth-order valence-corrected chi connectivity index (χ4v) is 2.41. The van der Waals surface area contributed by atoms with E-state index in [9.17, 15) is 9.59 Å². The van der Waals surface area contributed by atoms with Crippen molar-refractivity contribution >= 4 is 40.7 Å². The molecule has 0 atom stereocenters. The third kappa shape index (κ3) is 4.98. The summed E-state index contributed by atoms with van der Waals surface area (Å²) in [4.78, 5) is 23.8. The Balaban J connectivity index is 1.96. The molecule has 2 amide bonds. The molecule has 0 fully saturated rings. The lowest BCUT2D eigenvalue weighted by atomic mass is 10.1. The molecule has 0 spiro atoms. The van der Waals surface area contributed by atoms with E-state index in [0.717, 1.165) is 5.56 Å². The molecule has 24 heavy (non-hydrogen) atoms. The zero-order valence-corrected chi connectivity index (χ0v) is 14.9. The van der Waals surface area contributed by atoms with E-state index in [4.69, 9.17) is 23.2 Å². The van der Waals surface area contributed by atoms with Gasteiger partial charge in [-0.15, -0.1) is 0 Å². The Morgan fingerprint density at radius 3 is 2.29 bits per heavy atom. The van der Waals surface area contributed by atoms with Crippen molar-refractivity contribution in [3.8, 4) is 0 Å². The number of halogens is 2. The SMILES string of the molecule is CC(C)C(=O)Nc1ccc(C(=O)NCc2ccc(Cl)cc2Cl)cc1. The number of hydrogen-bond acceptors (Lipinski definition) is 2. The Hall–Kier alpha value is -2.04. The second-order valence-electron chi connectivity index (χ2n) is 5.64. The van der Waals surface area contributed by atoms with Gasteiger partial charge in [0.15, 0.2) is 0 Å². The quantitative estimate of drug-likeness (QED) is 0.819. The zero-order chi connectivity index (χ0) is 17.7. The first-order chi connectivity index (χ1) is 11.4. The van der Waals surface area contributed by atoms with Crippen LogP contribution >= 0.6 is 23.2 Å². The van der Waals surface area contributed by atoms with Crippen molar-refractivity contribution in [3.63, 3.8) is 0 Å². The summed E-state index contributed by atoms with van der Waals surface area (Å²) >= 11 is 11.9. The van der Waals surface area contributed by atoms with E-state index in [1.54, 1.807) is 42.5 Å². The molecule has 0 aliphatic rings. The van der Waals surface area contributed by atoms with Crippen LogP contribution in [0.3, 0.4) is 0 Å². The maximum absolute atomic E-state index is 12.2. The molecule has 6 heteroatoms. The summed E-state index contributed by atoms with van der Waals surface area (Å²) in [6.07, 6.45) is 0. The van der Waals surface area contributed by atoms with Crippen molar-refractivity contribution in [3.05, 3.63) is 63.6 Å². The maximum atomic E-state index is 12.2. The highest BCUT2D eigenvalue weighted by Crippen LogP contribution is 2.21. The second kappa shape index (κ2) is 8.18. The van der Waals surface area contributed by atoms with Gasteiger partial charge in [0.1, 0.15) is 0 Å². The van der Waals surface area contributed by atoms with Crippen molar-refractivity contribution in [2.75, 3.05) is 5.32 Å². The summed E-state index contributed by atoms with van der Waals surface area (Å²) in [7, 11) is 0. The van der Waals surface area contributed by atoms with Crippen LogP contribution in [-0.4, -0.2) is 11.8 Å². The third-order valence-corrected chi connectivity index (χ3v) is 3.98. The van der Waals surface area contributed by atoms with E-state index in [-0.39, 0.29) is 17.7 Å². The van der Waals surface area contributed by atoms with E-state index in [0.29, 0.717) is 27.8 Å². The number of carbonyl (C=O) groups is 2. The number of hydrogen-bond donors (Lipinski definition) is 2. The number of carbonyl (C=O) groups excluding carboxylic acids is 2. The molecule has 0 aliphatic heterocycles. The first kappa shape index (κ1) is 18.3. The lowest BCUT2D eigenvalue weighted by Crippen LogP contribution is -2.23. The largest absolute Gasteiger partial charge is 0.348 e. The van der Waals surface area contributed by atoms with Gasteiger partial charge < -0.3 is 10.6 Å². The van der Waals surface area contributed by atoms with E-state index in [1.165, 1.54) is 0 Å². The molecule has 0 aliphatic carbocycles. The molecular weight excluding hydrogens is 347 g/mol. The smallest absolute Gasteiger partial charge is 0.251 e. The number of amides is 2. The molecule has 2 rings (SSSR count). The van der Waals surface area contributed by atoms with Crippen LogP contribution in [0.15, 0.2) is 42.5 Å². The molecule has 0 radical (unpaired) electrons. The van der Waals surface area contributed by atoms with Crippen molar-refractivity contribution < 1.29 is 9.59 Å². The van der Waals surface area contributed by atoms with Gasteiger partial charge in [-0.2, -0.15) is 0 Å². The highest BCUT2D eigenvalue weighted by Gasteiger charge is 2.09. The summed E-state index contributed by atoms with van der Waals surface area (Å²) < 4.78 is 0. The molecule has 0 aromatic heterocycles. The molecule has 2 N–H and O–H groups in total. The molecule has 0 unspecified atom stereocenters. The van der Waals surface area contributed by atoms with Gasteiger partial charge in [0.05, 0.1) is 0 Å². The highest BCUT2D eigenvalue weighted by atomic mass is 35.5. The second-order valence-corrected chi connectivity index (χ2v) is 6.48. The summed E-state index contributed by atoms with van der Waals surface area (Å²) in [5.41, 5.74) is 1.95. The number of benzene rings is 2. The predicted molar refractivity (Wildman–Crippen MR) is 97.5 cm³/mol. The fraction of sp³-hybridized carbons (Fsp3) is 0.222. The molecule has 0 bridgehead atoms. The van der Waals surface area contributed by atoms with Crippen LogP contribution < -0.4 is 10.6 Å². The summed E-state index contributed by atoms with van der Waals surface area (Å²) in [6, 6.07) is 11.9. The van der Waals surface area contributed by atoms with Gasteiger partial charge in [0.2, 0.25) is 5.91 Å². The van der Waals surface area contributed by atoms with Crippen LogP contribution in [0.5, 0.6) is 0 Å². The van der Waals surface area contributed by atoms with Crippen LogP contribution in [0.4, 0.5) is 5.69 Å². The minimum atomic E-state index is -0.220. The fourth-order valence-electron chi connectivity index (χ4n) is 1.93. The molecule has 0 saturated carbocycles. The average Bonchev–Trinajstić information content (AvgIpc) is 2.54. The Morgan fingerprint density at radius 1 is 1.04 bits per heavy atom. The molecule has 4 nitrogen and oxygen atoms in total. The van der Waals surface area contributed by atoms with Crippen molar-refractivity contribution in [1.82, 2.24) is 5.32 Å². The van der Waals surface area contributed by atoms with Gasteiger partial charge in [-0.1, -0.05) is 43.1 Å². The standard InChI is InChI=1S/C18H18Cl2N2O2/c1-11(2)17(23)22-15-7-4-12(5-8-15)18(24)21-10-13-3-6-14(19)9-16(13)20/h3-9,11H,10H2,1-2H3,(H,21,24)(H,22,23). The predicted octanol–water partition coefficient (Wildman–Crippen LogP) is 4.52. The first-order valence-electron chi connectivity index (χ1n) is 7.50. The normalized spacial score (nSPS) is 10.5. The highest BCUT2D eigenvalue weighted by molar-refractivity contribution is 6.35. The van der Waals surface area contributed by atoms with Crippen LogP contribution in [0, 0.1) is 5.92 Å². The summed E-state index contributed by atoms with van der Waals surface area (Å²) in [6.45, 7) is 3.94. The van der Waals surface area contributed by atoms with Gasteiger partial charge in [-0.25, -0.2) is 0 Å². The van der Waals surface area contributed by atoms with Crippen molar-refractivity contribution in [1.29, 1.82) is 0 Å². The number of anilines is 1.